The van der Waals surface area contributed by atoms with Crippen LogP contribution in [0.3, 0.4) is 0 Å². The van der Waals surface area contributed by atoms with Crippen molar-refractivity contribution in [1.82, 2.24) is 19.6 Å². The minimum atomic E-state index is -5.03. The molecule has 1 heterocycles. The first kappa shape index (κ1) is 41.3. The number of carbonyl (C=O) groups excluding carboxylic acids is 2. The van der Waals surface area contributed by atoms with Gasteiger partial charge in [0.25, 0.3) is 5.91 Å². The normalized spacial score (nSPS) is 15.1. The molecule has 0 bridgehead atoms. The average Bonchev–Trinajstić information content (AvgIpc) is 3.85. The number of benzene rings is 3. The van der Waals surface area contributed by atoms with Crippen LogP contribution in [0.25, 0.3) is 0 Å². The molecule has 1 fully saturated rings. The second-order valence-corrected chi connectivity index (χ2v) is 17.6. The molecule has 0 saturated heterocycles. The van der Waals surface area contributed by atoms with E-state index in [0.717, 1.165) is 18.9 Å². The Morgan fingerprint density at radius 3 is 2.18 bits per heavy atom. The number of rotatable bonds is 12. The lowest BCUT2D eigenvalue weighted by atomic mass is 9.79. The molecule has 1 saturated carbocycles. The highest BCUT2D eigenvalue weighted by molar-refractivity contribution is 7.90. The fraction of sp³-hybridized carbons (Fsp3) is 0.400. The van der Waals surface area contributed by atoms with Gasteiger partial charge in [-0.25, -0.2) is 9.18 Å². The third-order valence-electron chi connectivity index (χ3n) is 9.24. The first-order valence-electron chi connectivity index (χ1n) is 17.7. The lowest BCUT2D eigenvalue weighted by Gasteiger charge is -2.39. The fourth-order valence-corrected chi connectivity index (χ4v) is 6.82. The maximum absolute atomic E-state index is 15.6. The molecule has 0 radical (unpaired) electrons. The maximum Gasteiger partial charge on any atom is 0.436 e. The van der Waals surface area contributed by atoms with E-state index in [9.17, 15) is 32.6 Å². The molecule has 5 rings (SSSR count). The van der Waals surface area contributed by atoms with Gasteiger partial charge in [0, 0.05) is 29.5 Å². The molecule has 0 aliphatic heterocycles. The highest BCUT2D eigenvalue weighted by atomic mass is 32.2. The van der Waals surface area contributed by atoms with E-state index in [2.05, 4.69) is 21.2 Å². The van der Waals surface area contributed by atoms with Gasteiger partial charge in [0.05, 0.1) is 17.3 Å². The number of anilines is 1. The quantitative estimate of drug-likeness (QED) is 0.109. The van der Waals surface area contributed by atoms with Crippen molar-refractivity contribution in [2.24, 2.45) is 5.92 Å². The van der Waals surface area contributed by atoms with Gasteiger partial charge in [0.2, 0.25) is 0 Å². The number of nitrogens with zero attached hydrogens (tertiary/aromatic N) is 4. The third kappa shape index (κ3) is 10.0. The van der Waals surface area contributed by atoms with Crippen molar-refractivity contribution in [1.29, 1.82) is 5.26 Å². The number of halogens is 4. The van der Waals surface area contributed by atoms with Crippen LogP contribution in [0.15, 0.2) is 78.9 Å². The van der Waals surface area contributed by atoms with Gasteiger partial charge in [-0.05, 0) is 101 Å². The molecule has 2 atom stereocenters. The lowest BCUT2D eigenvalue weighted by Crippen LogP contribution is -2.52. The van der Waals surface area contributed by atoms with E-state index < -0.39 is 68.3 Å². The zero-order valence-corrected chi connectivity index (χ0v) is 32.3. The van der Waals surface area contributed by atoms with Crippen molar-refractivity contribution in [2.45, 2.75) is 95.8 Å². The van der Waals surface area contributed by atoms with Crippen LogP contribution >= 0.6 is 0 Å². The molecule has 10 nitrogen and oxygen atoms in total. The van der Waals surface area contributed by atoms with Gasteiger partial charge in [-0.15, -0.1) is 9.82 Å². The fourth-order valence-electron chi connectivity index (χ4n) is 5.86. The zero-order valence-electron chi connectivity index (χ0n) is 31.5. The van der Waals surface area contributed by atoms with Crippen molar-refractivity contribution >= 4 is 29.0 Å². The van der Waals surface area contributed by atoms with Gasteiger partial charge in [0.15, 0.2) is 11.4 Å². The molecule has 1 aliphatic rings. The molecule has 15 heteroatoms. The van der Waals surface area contributed by atoms with Crippen molar-refractivity contribution in [3.05, 3.63) is 118 Å². The van der Waals surface area contributed by atoms with E-state index in [1.54, 1.807) is 96.1 Å². The highest BCUT2D eigenvalue weighted by Gasteiger charge is 2.44. The Morgan fingerprint density at radius 1 is 0.982 bits per heavy atom. The molecule has 3 aromatic carbocycles. The topological polar surface area (TPSA) is 135 Å². The third-order valence-corrected chi connectivity index (χ3v) is 10.9. The Balaban J connectivity index is 1.54. The number of nitriles is 1. The largest absolute Gasteiger partial charge is 0.598 e. The Morgan fingerprint density at radius 2 is 1.62 bits per heavy atom. The van der Waals surface area contributed by atoms with Crippen LogP contribution in [0, 0.1) is 23.1 Å². The number of hydrogen-bond acceptors (Lipinski definition) is 7. The van der Waals surface area contributed by atoms with Crippen molar-refractivity contribution in [2.75, 3.05) is 5.32 Å². The molecule has 1 unspecified atom stereocenters. The number of alkyl halides is 3. The summed E-state index contributed by atoms with van der Waals surface area (Å²) in [7, 11) is 0. The van der Waals surface area contributed by atoms with Gasteiger partial charge in [-0.1, -0.05) is 66.2 Å². The number of hydrogen-bond donors (Lipinski definition) is 2. The van der Waals surface area contributed by atoms with Crippen molar-refractivity contribution in [3.8, 4) is 6.07 Å². The Bertz CT molecular complexity index is 2030. The predicted molar refractivity (Wildman–Crippen MR) is 200 cm³/mol. The molecule has 1 aliphatic carbocycles. The van der Waals surface area contributed by atoms with Gasteiger partial charge in [0.1, 0.15) is 16.1 Å². The Hall–Kier alpha value is -4.91. The summed E-state index contributed by atoms with van der Waals surface area (Å²) in [6.07, 6.45) is -2.94. The van der Waals surface area contributed by atoms with Gasteiger partial charge >= 0.3 is 12.3 Å². The molecule has 0 spiro atoms. The van der Waals surface area contributed by atoms with Crippen molar-refractivity contribution in [3.63, 3.8) is 0 Å². The van der Waals surface area contributed by atoms with Crippen molar-refractivity contribution < 1.29 is 36.5 Å². The molecular weight excluding hydrogens is 737 g/mol. The minimum absolute atomic E-state index is 0.0336. The predicted octanol–water partition coefficient (Wildman–Crippen LogP) is 8.50. The maximum atomic E-state index is 15.6. The van der Waals surface area contributed by atoms with E-state index in [-0.39, 0.29) is 11.4 Å². The summed E-state index contributed by atoms with van der Waals surface area (Å²) in [4.78, 5) is 34.1. The standard InChI is InChI=1S/C40H44F4N6O4S/c1-37(2,3)49(25-28-10-8-7-9-11-28)36(52)54-50-33(23-34(47-50)40(42,43)44)35(51)46-32-22-30(18-19-31(32)41)39(21-20-26-12-13-26,48-55(53)38(4,5)6)29-16-14-27(24-45)15-17-29/h7-11,14-19,22-23,26,48H,12-13,20-21,25H2,1-6H3,(H,46,51)/t39-,55?/m1/s1. The summed E-state index contributed by atoms with van der Waals surface area (Å²) in [5, 5.41) is 15.2. The molecular formula is C40H44F4N6O4S. The summed E-state index contributed by atoms with van der Waals surface area (Å²) in [5.74, 6) is -1.73. The summed E-state index contributed by atoms with van der Waals surface area (Å²) in [6, 6.07) is 22.0. The first-order valence-corrected chi connectivity index (χ1v) is 18.9. The summed E-state index contributed by atoms with van der Waals surface area (Å²) < 4.78 is 73.9. The number of amides is 2. The average molecular weight is 781 g/mol. The SMILES string of the molecule is CC(C)(C)N(Cc1ccccc1)C(=O)On1nc(C(F)(F)F)cc1C(=O)Nc1cc([C@](CCC2CC2)(N[S+]([O-])C(C)(C)C)c2ccc(C#N)cc2)ccc1F. The zero-order chi connectivity index (χ0) is 40.3. The van der Waals surface area contributed by atoms with E-state index in [0.29, 0.717) is 47.1 Å². The molecule has 4 aromatic rings. The second-order valence-electron chi connectivity index (χ2n) is 15.6. The van der Waals surface area contributed by atoms with Crippen LogP contribution < -0.4 is 14.9 Å². The number of aromatic nitrogens is 2. The molecule has 1 aromatic heterocycles. The number of nitrogens with one attached hydrogen (secondary N) is 2. The second kappa shape index (κ2) is 16.1. The smallest absolute Gasteiger partial charge is 0.436 e. The highest BCUT2D eigenvalue weighted by Crippen LogP contribution is 2.43. The van der Waals surface area contributed by atoms with Crippen LogP contribution in [-0.2, 0) is 29.6 Å². The van der Waals surface area contributed by atoms with E-state index in [1.165, 1.54) is 17.0 Å². The summed E-state index contributed by atoms with van der Waals surface area (Å²) in [6.45, 7) is 10.5. The molecule has 2 N–H and O–H groups in total. The van der Waals surface area contributed by atoms with E-state index >= 15 is 4.39 Å². The first-order chi connectivity index (χ1) is 25.7. The van der Waals surface area contributed by atoms with Gasteiger partial charge in [-0.3, -0.25) is 14.5 Å². The van der Waals surface area contributed by atoms with Gasteiger partial charge in [-0.2, -0.15) is 18.4 Å². The lowest BCUT2D eigenvalue weighted by molar-refractivity contribution is -0.142. The Kier molecular flexibility index (Phi) is 12.0. The monoisotopic (exact) mass is 780 g/mol. The summed E-state index contributed by atoms with van der Waals surface area (Å²) >= 11 is -1.67. The van der Waals surface area contributed by atoms with Crippen LogP contribution in [0.1, 0.15) is 106 Å². The van der Waals surface area contributed by atoms with Gasteiger partial charge < -0.3 is 9.87 Å². The van der Waals surface area contributed by atoms with E-state index in [1.807, 2.05) is 0 Å². The Labute approximate surface area is 321 Å². The van der Waals surface area contributed by atoms with Crippen LogP contribution in [0.5, 0.6) is 0 Å². The van der Waals surface area contributed by atoms with Crippen LogP contribution in [0.4, 0.5) is 28.0 Å². The van der Waals surface area contributed by atoms with E-state index in [4.69, 9.17) is 4.84 Å². The van der Waals surface area contributed by atoms with Crippen LogP contribution in [0.2, 0.25) is 0 Å². The molecule has 292 valence electrons. The molecule has 55 heavy (non-hydrogen) atoms. The number of carbonyl (C=O) groups is 2. The summed E-state index contributed by atoms with van der Waals surface area (Å²) in [5.41, 5.74) is -2.67. The van der Waals surface area contributed by atoms with Crippen LogP contribution in [-0.4, -0.2) is 41.7 Å². The molecule has 2 amide bonds. The minimum Gasteiger partial charge on any atom is -0.598 e.